The number of nitrogen functional groups attached to an aromatic ring is 1. The van der Waals surface area contributed by atoms with Crippen molar-refractivity contribution in [2.75, 3.05) is 16.4 Å². The van der Waals surface area contributed by atoms with E-state index in [9.17, 15) is 14.9 Å². The van der Waals surface area contributed by atoms with Crippen molar-refractivity contribution in [3.05, 3.63) is 57.6 Å². The Kier molecular flexibility index (Phi) is 4.26. The van der Waals surface area contributed by atoms with Gasteiger partial charge in [0.05, 0.1) is 4.92 Å². The minimum absolute atomic E-state index is 0.0436. The molecule has 0 aliphatic heterocycles. The van der Waals surface area contributed by atoms with Crippen LogP contribution in [0.15, 0.2) is 36.4 Å². The lowest BCUT2D eigenvalue weighted by atomic mass is 10.2. The van der Waals surface area contributed by atoms with Crippen LogP contribution in [-0.2, 0) is 0 Å². The number of hydrogen-bond donors (Lipinski definition) is 3. The largest absolute Gasteiger partial charge is 0.399 e. The van der Waals surface area contributed by atoms with E-state index in [-0.39, 0.29) is 5.69 Å². The molecule has 4 N–H and O–H groups in total. The van der Waals surface area contributed by atoms with Crippen molar-refractivity contribution >= 4 is 28.8 Å². The minimum atomic E-state index is -0.494. The van der Waals surface area contributed by atoms with Crippen LogP contribution in [0, 0.1) is 24.0 Å². The molecule has 2 aromatic rings. The van der Waals surface area contributed by atoms with E-state index in [0.29, 0.717) is 22.6 Å². The first kappa shape index (κ1) is 15.3. The Bertz CT molecular complexity index is 744. The number of benzene rings is 2. The van der Waals surface area contributed by atoms with E-state index in [4.69, 9.17) is 5.73 Å². The van der Waals surface area contributed by atoms with Crippen LogP contribution in [0.4, 0.5) is 27.5 Å². The number of nitro benzene ring substituents is 1. The van der Waals surface area contributed by atoms with Gasteiger partial charge in [-0.25, -0.2) is 4.79 Å². The van der Waals surface area contributed by atoms with Gasteiger partial charge in [0.25, 0.3) is 5.69 Å². The third-order valence-electron chi connectivity index (χ3n) is 3.17. The summed E-state index contributed by atoms with van der Waals surface area (Å²) in [5.74, 6) is 0. The fourth-order valence-corrected chi connectivity index (χ4v) is 1.94. The molecule has 0 unspecified atom stereocenters. The first-order chi connectivity index (χ1) is 10.4. The maximum absolute atomic E-state index is 12.0. The van der Waals surface area contributed by atoms with Gasteiger partial charge in [-0.2, -0.15) is 0 Å². The van der Waals surface area contributed by atoms with Crippen molar-refractivity contribution in [2.45, 2.75) is 13.8 Å². The summed E-state index contributed by atoms with van der Waals surface area (Å²) in [4.78, 5) is 22.4. The maximum Gasteiger partial charge on any atom is 0.323 e. The Morgan fingerprint density at radius 1 is 1.09 bits per heavy atom. The highest BCUT2D eigenvalue weighted by molar-refractivity contribution is 6.00. The number of nitrogens with two attached hydrogens (primary N) is 1. The Morgan fingerprint density at radius 2 is 1.77 bits per heavy atom. The van der Waals surface area contributed by atoms with Gasteiger partial charge in [0.1, 0.15) is 0 Å². The molecular weight excluding hydrogens is 284 g/mol. The van der Waals surface area contributed by atoms with Crippen LogP contribution in [0.3, 0.4) is 0 Å². The number of aryl methyl sites for hydroxylation is 2. The minimum Gasteiger partial charge on any atom is -0.399 e. The van der Waals surface area contributed by atoms with E-state index in [0.717, 1.165) is 5.56 Å². The lowest BCUT2D eigenvalue weighted by Crippen LogP contribution is -2.20. The van der Waals surface area contributed by atoms with Crippen LogP contribution in [0.2, 0.25) is 0 Å². The molecule has 22 heavy (non-hydrogen) atoms. The van der Waals surface area contributed by atoms with Gasteiger partial charge in [-0.15, -0.1) is 0 Å². The number of nitrogens with one attached hydrogen (secondary N) is 2. The van der Waals surface area contributed by atoms with E-state index in [1.54, 1.807) is 37.3 Å². The van der Waals surface area contributed by atoms with Gasteiger partial charge in [0, 0.05) is 28.7 Å². The smallest absolute Gasteiger partial charge is 0.323 e. The van der Waals surface area contributed by atoms with E-state index in [2.05, 4.69) is 10.6 Å². The lowest BCUT2D eigenvalue weighted by Gasteiger charge is -2.11. The SMILES string of the molecule is Cc1ccc(N)cc1NC(=O)Nc1ccc(C)c([N+](=O)[O-])c1. The number of amides is 2. The second kappa shape index (κ2) is 6.13. The van der Waals surface area contributed by atoms with E-state index in [1.807, 2.05) is 6.92 Å². The van der Waals surface area contributed by atoms with Crippen molar-refractivity contribution in [1.82, 2.24) is 0 Å². The standard InChI is InChI=1S/C15H16N4O3/c1-9-3-5-11(16)7-13(9)18-15(20)17-12-6-4-10(2)14(8-12)19(21)22/h3-8H,16H2,1-2H3,(H2,17,18,20). The molecule has 0 bridgehead atoms. The Labute approximate surface area is 127 Å². The molecule has 7 nitrogen and oxygen atoms in total. The van der Waals surface area contributed by atoms with Gasteiger partial charge in [-0.05, 0) is 37.6 Å². The summed E-state index contributed by atoms with van der Waals surface area (Å²) in [6.07, 6.45) is 0. The number of carbonyl (C=O) groups excluding carboxylic acids is 1. The third-order valence-corrected chi connectivity index (χ3v) is 3.17. The van der Waals surface area contributed by atoms with Gasteiger partial charge in [-0.3, -0.25) is 10.1 Å². The fraction of sp³-hybridized carbons (Fsp3) is 0.133. The summed E-state index contributed by atoms with van der Waals surface area (Å²) < 4.78 is 0. The van der Waals surface area contributed by atoms with Crippen LogP contribution in [-0.4, -0.2) is 11.0 Å². The highest BCUT2D eigenvalue weighted by atomic mass is 16.6. The molecule has 2 aromatic carbocycles. The van der Waals surface area contributed by atoms with E-state index >= 15 is 0 Å². The van der Waals surface area contributed by atoms with Crippen LogP contribution in [0.1, 0.15) is 11.1 Å². The Balaban J connectivity index is 2.14. The summed E-state index contributed by atoms with van der Waals surface area (Å²) in [7, 11) is 0. The number of anilines is 3. The first-order valence-electron chi connectivity index (χ1n) is 6.56. The second-order valence-corrected chi connectivity index (χ2v) is 4.91. The maximum atomic E-state index is 12.0. The molecule has 2 amide bonds. The zero-order chi connectivity index (χ0) is 16.3. The summed E-state index contributed by atoms with van der Waals surface area (Å²) >= 11 is 0. The molecule has 0 heterocycles. The molecule has 0 fully saturated rings. The van der Waals surface area contributed by atoms with Crippen LogP contribution in [0.25, 0.3) is 0 Å². The van der Waals surface area contributed by atoms with Crippen LogP contribution < -0.4 is 16.4 Å². The quantitative estimate of drug-likeness (QED) is 0.458. The van der Waals surface area contributed by atoms with Crippen molar-refractivity contribution < 1.29 is 9.72 Å². The zero-order valence-electron chi connectivity index (χ0n) is 12.2. The molecule has 0 aliphatic rings. The predicted octanol–water partition coefficient (Wildman–Crippen LogP) is 3.44. The highest BCUT2D eigenvalue weighted by Gasteiger charge is 2.12. The lowest BCUT2D eigenvalue weighted by molar-refractivity contribution is -0.385. The number of urea groups is 1. The third kappa shape index (κ3) is 3.51. The molecule has 7 heteroatoms. The fourth-order valence-electron chi connectivity index (χ4n) is 1.94. The molecule has 0 saturated carbocycles. The molecule has 0 aliphatic carbocycles. The summed E-state index contributed by atoms with van der Waals surface area (Å²) in [6, 6.07) is 9.19. The van der Waals surface area contributed by atoms with Gasteiger partial charge in [0.15, 0.2) is 0 Å². The molecule has 0 saturated heterocycles. The van der Waals surface area contributed by atoms with Gasteiger partial charge in [-0.1, -0.05) is 12.1 Å². The number of carbonyl (C=O) groups is 1. The molecule has 2 rings (SSSR count). The second-order valence-electron chi connectivity index (χ2n) is 4.91. The Morgan fingerprint density at radius 3 is 2.45 bits per heavy atom. The average molecular weight is 300 g/mol. The predicted molar refractivity (Wildman–Crippen MR) is 86.1 cm³/mol. The number of hydrogen-bond acceptors (Lipinski definition) is 4. The van der Waals surface area contributed by atoms with Crippen LogP contribution >= 0.6 is 0 Å². The molecule has 0 aromatic heterocycles. The van der Waals surface area contributed by atoms with Crippen LogP contribution in [0.5, 0.6) is 0 Å². The highest BCUT2D eigenvalue weighted by Crippen LogP contribution is 2.23. The van der Waals surface area contributed by atoms with E-state index in [1.165, 1.54) is 6.07 Å². The molecule has 0 radical (unpaired) electrons. The van der Waals surface area contributed by atoms with Crippen molar-refractivity contribution in [1.29, 1.82) is 0 Å². The zero-order valence-corrected chi connectivity index (χ0v) is 12.2. The number of nitrogens with zero attached hydrogens (tertiary/aromatic N) is 1. The average Bonchev–Trinajstić information content (AvgIpc) is 2.44. The van der Waals surface area contributed by atoms with Gasteiger partial charge < -0.3 is 16.4 Å². The number of rotatable bonds is 3. The normalized spacial score (nSPS) is 10.1. The van der Waals surface area contributed by atoms with Crippen molar-refractivity contribution in [3.63, 3.8) is 0 Å². The molecule has 114 valence electrons. The van der Waals surface area contributed by atoms with Gasteiger partial charge >= 0.3 is 6.03 Å². The Hall–Kier alpha value is -3.09. The number of nitro groups is 1. The molecular formula is C15H16N4O3. The van der Waals surface area contributed by atoms with Crippen molar-refractivity contribution in [3.8, 4) is 0 Å². The van der Waals surface area contributed by atoms with Gasteiger partial charge in [0.2, 0.25) is 0 Å². The monoisotopic (exact) mass is 300 g/mol. The summed E-state index contributed by atoms with van der Waals surface area (Å²) in [5, 5.41) is 16.1. The summed E-state index contributed by atoms with van der Waals surface area (Å²) in [5.41, 5.74) is 8.49. The van der Waals surface area contributed by atoms with E-state index < -0.39 is 11.0 Å². The topological polar surface area (TPSA) is 110 Å². The first-order valence-corrected chi connectivity index (χ1v) is 6.56. The molecule has 0 atom stereocenters. The summed E-state index contributed by atoms with van der Waals surface area (Å²) in [6.45, 7) is 3.48. The van der Waals surface area contributed by atoms with Crippen molar-refractivity contribution in [2.24, 2.45) is 0 Å². The molecule has 0 spiro atoms.